The van der Waals surface area contributed by atoms with E-state index in [-0.39, 0.29) is 10.6 Å². The first-order chi connectivity index (χ1) is 5.16. The molecule has 0 N–H and O–H groups in total. The number of hydrogen-bond donors (Lipinski definition) is 0. The van der Waals surface area contributed by atoms with Crippen LogP contribution >= 0.6 is 7.37 Å². The zero-order valence-electron chi connectivity index (χ0n) is 8.68. The molecule has 3 heteroatoms. The van der Waals surface area contributed by atoms with E-state index in [2.05, 4.69) is 13.8 Å². The summed E-state index contributed by atoms with van der Waals surface area (Å²) in [6.07, 6.45) is 0.726. The molecule has 0 radical (unpaired) electrons. The van der Waals surface area contributed by atoms with Crippen LogP contribution < -0.4 is 0 Å². The van der Waals surface area contributed by atoms with Crippen molar-refractivity contribution in [3.05, 3.63) is 0 Å². The van der Waals surface area contributed by atoms with Crippen LogP contribution in [-0.4, -0.2) is 17.9 Å². The van der Waals surface area contributed by atoms with Gasteiger partial charge in [-0.3, -0.25) is 4.57 Å². The Morgan fingerprint density at radius 3 is 2.00 bits per heavy atom. The first kappa shape index (κ1) is 10.3. The van der Waals surface area contributed by atoms with E-state index in [4.69, 9.17) is 4.52 Å². The van der Waals surface area contributed by atoms with Crippen molar-refractivity contribution >= 4 is 7.37 Å². The first-order valence-corrected chi connectivity index (χ1v) is 6.21. The quantitative estimate of drug-likeness (QED) is 0.548. The minimum absolute atomic E-state index is 0.100. The average molecular weight is 190 g/mol. The molecule has 1 fully saturated rings. The fraction of sp³-hybridized carbons (Fsp3) is 1.00. The van der Waals surface area contributed by atoms with Crippen LogP contribution in [0.4, 0.5) is 0 Å². The third-order valence-corrected chi connectivity index (χ3v) is 6.18. The lowest BCUT2D eigenvalue weighted by Gasteiger charge is -2.26. The van der Waals surface area contributed by atoms with E-state index in [1.54, 1.807) is 0 Å². The van der Waals surface area contributed by atoms with Crippen molar-refractivity contribution in [1.29, 1.82) is 0 Å². The van der Waals surface area contributed by atoms with Gasteiger partial charge in [0.2, 0.25) is 7.37 Å². The molecule has 0 spiro atoms. The Morgan fingerprint density at radius 1 is 1.33 bits per heavy atom. The third kappa shape index (κ3) is 1.75. The van der Waals surface area contributed by atoms with Crippen LogP contribution in [-0.2, 0) is 9.09 Å². The van der Waals surface area contributed by atoms with Gasteiger partial charge in [-0.15, -0.1) is 0 Å². The number of rotatable bonds is 0. The summed E-state index contributed by atoms with van der Waals surface area (Å²) in [5, 5.41) is -0.194. The summed E-state index contributed by atoms with van der Waals surface area (Å²) in [4.78, 5) is 0. The van der Waals surface area contributed by atoms with Gasteiger partial charge < -0.3 is 4.52 Å². The lowest BCUT2D eigenvalue weighted by Crippen LogP contribution is -2.18. The standard InChI is InChI=1S/C9H19O2P/c1-8(2,3)12(10)7-9(4,5)6-11-12/h6-7H2,1-5H3. The Morgan fingerprint density at radius 2 is 1.83 bits per heavy atom. The van der Waals surface area contributed by atoms with Crippen molar-refractivity contribution in [2.24, 2.45) is 5.41 Å². The van der Waals surface area contributed by atoms with E-state index >= 15 is 0 Å². The van der Waals surface area contributed by atoms with Crippen molar-refractivity contribution in [3.63, 3.8) is 0 Å². The highest BCUT2D eigenvalue weighted by Gasteiger charge is 2.47. The molecule has 1 rings (SSSR count). The van der Waals surface area contributed by atoms with Crippen LogP contribution in [0.2, 0.25) is 0 Å². The number of hydrogen-bond acceptors (Lipinski definition) is 2. The van der Waals surface area contributed by atoms with Crippen LogP contribution in [0.3, 0.4) is 0 Å². The zero-order chi connectivity index (χ0) is 9.62. The van der Waals surface area contributed by atoms with Gasteiger partial charge in [0.15, 0.2) is 0 Å². The minimum Gasteiger partial charge on any atom is -0.328 e. The highest BCUT2D eigenvalue weighted by molar-refractivity contribution is 7.60. The molecular formula is C9H19O2P. The Hall–Kier alpha value is 0.190. The van der Waals surface area contributed by atoms with Crippen LogP contribution in [0.25, 0.3) is 0 Å². The average Bonchev–Trinajstić information content (AvgIpc) is 2.05. The fourth-order valence-electron chi connectivity index (χ4n) is 1.36. The predicted molar refractivity (Wildman–Crippen MR) is 52.0 cm³/mol. The van der Waals surface area contributed by atoms with Crippen molar-refractivity contribution in [2.45, 2.75) is 39.8 Å². The van der Waals surface area contributed by atoms with Gasteiger partial charge in [0, 0.05) is 11.3 Å². The molecular weight excluding hydrogens is 171 g/mol. The highest BCUT2D eigenvalue weighted by atomic mass is 31.2. The molecule has 0 aromatic carbocycles. The third-order valence-electron chi connectivity index (χ3n) is 2.32. The Kier molecular flexibility index (Phi) is 2.22. The van der Waals surface area contributed by atoms with Crippen LogP contribution in [0.15, 0.2) is 0 Å². The predicted octanol–water partition coefficient (Wildman–Crippen LogP) is 3.12. The van der Waals surface area contributed by atoms with Gasteiger partial charge in [-0.25, -0.2) is 0 Å². The van der Waals surface area contributed by atoms with Gasteiger partial charge in [0.1, 0.15) is 0 Å². The molecule has 2 nitrogen and oxygen atoms in total. The first-order valence-electron chi connectivity index (χ1n) is 4.40. The summed E-state index contributed by atoms with van der Waals surface area (Å²) in [5.41, 5.74) is 0.100. The van der Waals surface area contributed by atoms with E-state index < -0.39 is 7.37 Å². The van der Waals surface area contributed by atoms with Crippen molar-refractivity contribution in [3.8, 4) is 0 Å². The molecule has 0 aromatic rings. The minimum atomic E-state index is -2.38. The zero-order valence-corrected chi connectivity index (χ0v) is 9.57. The van der Waals surface area contributed by atoms with E-state index in [0.717, 1.165) is 6.16 Å². The summed E-state index contributed by atoms with van der Waals surface area (Å²) in [6.45, 7) is 10.8. The van der Waals surface area contributed by atoms with Gasteiger partial charge in [0.25, 0.3) is 0 Å². The molecule has 0 amide bonds. The second-order valence-corrected chi connectivity index (χ2v) is 8.70. The monoisotopic (exact) mass is 190 g/mol. The summed E-state index contributed by atoms with van der Waals surface area (Å²) in [6, 6.07) is 0. The maximum atomic E-state index is 12.2. The van der Waals surface area contributed by atoms with E-state index in [1.165, 1.54) is 0 Å². The second-order valence-electron chi connectivity index (χ2n) is 5.44. The molecule has 0 bridgehead atoms. The van der Waals surface area contributed by atoms with Gasteiger partial charge >= 0.3 is 0 Å². The largest absolute Gasteiger partial charge is 0.328 e. The summed E-state index contributed by atoms with van der Waals surface area (Å²) in [5.74, 6) is 0. The van der Waals surface area contributed by atoms with Gasteiger partial charge in [0.05, 0.1) is 6.61 Å². The molecule has 1 atom stereocenters. The van der Waals surface area contributed by atoms with E-state index in [0.29, 0.717) is 6.61 Å². The second kappa shape index (κ2) is 2.59. The molecule has 1 aliphatic heterocycles. The summed E-state index contributed by atoms with van der Waals surface area (Å²) < 4.78 is 17.7. The maximum absolute atomic E-state index is 12.2. The van der Waals surface area contributed by atoms with Crippen molar-refractivity contribution < 1.29 is 9.09 Å². The SMILES string of the molecule is CC1(C)COP(=O)(C(C)(C)C)C1. The smallest absolute Gasteiger partial charge is 0.208 e. The molecule has 12 heavy (non-hydrogen) atoms. The molecule has 0 aromatic heterocycles. The molecule has 1 saturated heterocycles. The fourth-order valence-corrected chi connectivity index (χ4v) is 4.09. The summed E-state index contributed by atoms with van der Waals surface area (Å²) in [7, 11) is -2.38. The molecule has 1 unspecified atom stereocenters. The Labute approximate surface area is 75.1 Å². The summed E-state index contributed by atoms with van der Waals surface area (Å²) >= 11 is 0. The Balaban J connectivity index is 2.86. The molecule has 1 heterocycles. The lowest BCUT2D eigenvalue weighted by atomic mass is 9.99. The van der Waals surface area contributed by atoms with Crippen LogP contribution in [0, 0.1) is 5.41 Å². The maximum Gasteiger partial charge on any atom is 0.208 e. The van der Waals surface area contributed by atoms with Crippen molar-refractivity contribution in [2.75, 3.05) is 12.8 Å². The van der Waals surface area contributed by atoms with Gasteiger partial charge in [-0.2, -0.15) is 0 Å². The van der Waals surface area contributed by atoms with Crippen LogP contribution in [0.1, 0.15) is 34.6 Å². The molecule has 1 aliphatic rings. The van der Waals surface area contributed by atoms with Gasteiger partial charge in [-0.1, -0.05) is 34.6 Å². The Bertz CT molecular complexity index is 225. The topological polar surface area (TPSA) is 26.3 Å². The molecule has 72 valence electrons. The van der Waals surface area contributed by atoms with E-state index in [1.807, 2.05) is 20.8 Å². The highest BCUT2D eigenvalue weighted by Crippen LogP contribution is 2.65. The normalized spacial score (nSPS) is 35.4. The van der Waals surface area contributed by atoms with Gasteiger partial charge in [-0.05, 0) is 5.41 Å². The molecule has 0 aliphatic carbocycles. The van der Waals surface area contributed by atoms with Crippen LogP contribution in [0.5, 0.6) is 0 Å². The van der Waals surface area contributed by atoms with Crippen molar-refractivity contribution in [1.82, 2.24) is 0 Å². The lowest BCUT2D eigenvalue weighted by molar-refractivity contribution is 0.249. The molecule has 0 saturated carbocycles. The van der Waals surface area contributed by atoms with E-state index in [9.17, 15) is 4.57 Å².